The van der Waals surface area contributed by atoms with Crippen molar-refractivity contribution in [3.05, 3.63) is 60.1 Å². The SMILES string of the molecule is CCOC(=O)C1(C(=O)OCC)C[C@H](CC(=O)OC)[C@@H](C(=O)c2ccccc2)[C@H]1c1ccco1. The molecule has 0 amide bonds. The summed E-state index contributed by atoms with van der Waals surface area (Å²) in [7, 11) is 1.25. The van der Waals surface area contributed by atoms with Crippen LogP contribution in [0.25, 0.3) is 0 Å². The number of furan rings is 1. The van der Waals surface area contributed by atoms with Crippen LogP contribution < -0.4 is 0 Å². The van der Waals surface area contributed by atoms with E-state index in [0.29, 0.717) is 5.56 Å². The molecule has 0 spiro atoms. The first-order chi connectivity index (χ1) is 15.9. The summed E-state index contributed by atoms with van der Waals surface area (Å²) in [5.74, 6) is -4.81. The predicted octanol–water partition coefficient (Wildman–Crippen LogP) is 3.56. The van der Waals surface area contributed by atoms with Gasteiger partial charge in [0, 0.05) is 17.9 Å². The second kappa shape index (κ2) is 10.5. The van der Waals surface area contributed by atoms with Crippen LogP contribution in [-0.2, 0) is 28.6 Å². The van der Waals surface area contributed by atoms with Crippen molar-refractivity contribution in [2.45, 2.75) is 32.6 Å². The molecule has 33 heavy (non-hydrogen) atoms. The lowest BCUT2D eigenvalue weighted by Gasteiger charge is -2.31. The van der Waals surface area contributed by atoms with Gasteiger partial charge in [0.05, 0.1) is 32.5 Å². The van der Waals surface area contributed by atoms with Gasteiger partial charge in [-0.05, 0) is 38.3 Å². The molecule has 8 nitrogen and oxygen atoms in total. The van der Waals surface area contributed by atoms with E-state index in [-0.39, 0.29) is 37.6 Å². The van der Waals surface area contributed by atoms with E-state index in [1.807, 2.05) is 0 Å². The third kappa shape index (κ3) is 4.55. The predicted molar refractivity (Wildman–Crippen MR) is 116 cm³/mol. The lowest BCUT2D eigenvalue weighted by molar-refractivity contribution is -0.174. The highest BCUT2D eigenvalue weighted by atomic mass is 16.6. The lowest BCUT2D eigenvalue weighted by Crippen LogP contribution is -2.45. The summed E-state index contributed by atoms with van der Waals surface area (Å²) < 4.78 is 21.2. The summed E-state index contributed by atoms with van der Waals surface area (Å²) in [4.78, 5) is 52.9. The van der Waals surface area contributed by atoms with E-state index in [2.05, 4.69) is 0 Å². The van der Waals surface area contributed by atoms with Crippen molar-refractivity contribution in [2.24, 2.45) is 17.3 Å². The Kier molecular flexibility index (Phi) is 7.68. The van der Waals surface area contributed by atoms with E-state index in [1.54, 1.807) is 56.3 Å². The summed E-state index contributed by atoms with van der Waals surface area (Å²) in [6.07, 6.45) is 1.14. The average Bonchev–Trinajstić information content (AvgIpc) is 3.46. The fourth-order valence-electron chi connectivity index (χ4n) is 4.81. The Morgan fingerprint density at radius 2 is 1.61 bits per heavy atom. The zero-order valence-corrected chi connectivity index (χ0v) is 18.9. The van der Waals surface area contributed by atoms with Gasteiger partial charge in [-0.25, -0.2) is 0 Å². The zero-order chi connectivity index (χ0) is 24.0. The third-order valence-corrected chi connectivity index (χ3v) is 6.13. The highest BCUT2D eigenvalue weighted by Gasteiger charge is 2.67. The smallest absolute Gasteiger partial charge is 0.324 e. The van der Waals surface area contributed by atoms with E-state index in [9.17, 15) is 19.2 Å². The maximum atomic E-state index is 13.8. The number of benzene rings is 1. The Morgan fingerprint density at radius 3 is 2.12 bits per heavy atom. The van der Waals surface area contributed by atoms with E-state index < -0.39 is 41.1 Å². The minimum Gasteiger partial charge on any atom is -0.469 e. The van der Waals surface area contributed by atoms with Crippen molar-refractivity contribution in [1.82, 2.24) is 0 Å². The fraction of sp³-hybridized carbons (Fsp3) is 0.440. The van der Waals surface area contributed by atoms with Crippen molar-refractivity contribution in [2.75, 3.05) is 20.3 Å². The molecule has 1 aliphatic rings. The Balaban J connectivity index is 2.23. The maximum absolute atomic E-state index is 13.8. The fourth-order valence-corrected chi connectivity index (χ4v) is 4.81. The summed E-state index contributed by atoms with van der Waals surface area (Å²) >= 11 is 0. The topological polar surface area (TPSA) is 109 Å². The van der Waals surface area contributed by atoms with Gasteiger partial charge in [0.15, 0.2) is 11.2 Å². The van der Waals surface area contributed by atoms with Crippen LogP contribution in [0, 0.1) is 17.3 Å². The molecule has 0 radical (unpaired) electrons. The molecule has 1 aliphatic carbocycles. The first kappa shape index (κ1) is 24.2. The quantitative estimate of drug-likeness (QED) is 0.244. The van der Waals surface area contributed by atoms with Crippen LogP contribution in [0.3, 0.4) is 0 Å². The molecule has 2 aromatic rings. The van der Waals surface area contributed by atoms with Gasteiger partial charge in [-0.2, -0.15) is 0 Å². The first-order valence-electron chi connectivity index (χ1n) is 10.9. The largest absolute Gasteiger partial charge is 0.469 e. The van der Waals surface area contributed by atoms with Crippen molar-refractivity contribution in [1.29, 1.82) is 0 Å². The summed E-state index contributed by atoms with van der Waals surface area (Å²) in [5.41, 5.74) is -1.45. The molecule has 8 heteroatoms. The molecule has 0 bridgehead atoms. The highest BCUT2D eigenvalue weighted by molar-refractivity contribution is 6.06. The number of Topliss-reactive ketones (excluding diaryl/α,β-unsaturated/α-hetero) is 1. The van der Waals surface area contributed by atoms with Crippen LogP contribution in [0.15, 0.2) is 53.1 Å². The van der Waals surface area contributed by atoms with Crippen LogP contribution >= 0.6 is 0 Å². The monoisotopic (exact) mass is 456 g/mol. The van der Waals surface area contributed by atoms with Gasteiger partial charge in [0.1, 0.15) is 5.76 Å². The van der Waals surface area contributed by atoms with Gasteiger partial charge >= 0.3 is 17.9 Å². The van der Waals surface area contributed by atoms with Crippen molar-refractivity contribution in [3.8, 4) is 0 Å². The molecule has 1 fully saturated rings. The minimum absolute atomic E-state index is 0.0316. The second-order valence-electron chi connectivity index (χ2n) is 7.91. The average molecular weight is 456 g/mol. The minimum atomic E-state index is -1.85. The number of ether oxygens (including phenoxy) is 3. The number of carbonyl (C=O) groups is 4. The maximum Gasteiger partial charge on any atom is 0.324 e. The highest BCUT2D eigenvalue weighted by Crippen LogP contribution is 2.59. The number of hydrogen-bond acceptors (Lipinski definition) is 8. The molecule has 1 aromatic heterocycles. The van der Waals surface area contributed by atoms with E-state index in [0.717, 1.165) is 0 Å². The molecule has 3 rings (SSSR count). The number of ketones is 1. The van der Waals surface area contributed by atoms with Crippen molar-refractivity contribution in [3.63, 3.8) is 0 Å². The van der Waals surface area contributed by atoms with Gasteiger partial charge in [-0.1, -0.05) is 30.3 Å². The summed E-state index contributed by atoms with van der Waals surface area (Å²) in [6, 6.07) is 11.8. The Hall–Kier alpha value is -3.42. The van der Waals surface area contributed by atoms with Gasteiger partial charge in [0.25, 0.3) is 0 Å². The van der Waals surface area contributed by atoms with Gasteiger partial charge in [-0.3, -0.25) is 19.2 Å². The van der Waals surface area contributed by atoms with Crippen LogP contribution in [0.2, 0.25) is 0 Å². The summed E-state index contributed by atoms with van der Waals surface area (Å²) in [5, 5.41) is 0. The molecule has 1 saturated carbocycles. The molecule has 1 heterocycles. The van der Waals surface area contributed by atoms with E-state index in [4.69, 9.17) is 18.6 Å². The molecule has 0 unspecified atom stereocenters. The molecular formula is C25H28O8. The third-order valence-electron chi connectivity index (χ3n) is 6.13. The van der Waals surface area contributed by atoms with Crippen LogP contribution in [0.1, 0.15) is 48.7 Å². The number of rotatable bonds is 9. The number of hydrogen-bond donors (Lipinski definition) is 0. The molecule has 176 valence electrons. The Bertz CT molecular complexity index is 961. The lowest BCUT2D eigenvalue weighted by atomic mass is 9.72. The standard InChI is InChI=1S/C25H28O8/c1-4-31-23(28)25(24(29)32-5-2)15-17(14-19(26)30-3)20(21(25)18-12-9-13-33-18)22(27)16-10-7-6-8-11-16/h6-13,17,20-21H,4-5,14-15H2,1-3H3/t17-,20+,21+/m0/s1. The number of methoxy groups -OCH3 is 1. The van der Waals surface area contributed by atoms with Gasteiger partial charge in [-0.15, -0.1) is 0 Å². The molecule has 0 aliphatic heterocycles. The van der Waals surface area contributed by atoms with Crippen LogP contribution in [0.4, 0.5) is 0 Å². The normalized spacial score (nSPS) is 21.2. The molecule has 0 saturated heterocycles. The van der Waals surface area contributed by atoms with Gasteiger partial charge < -0.3 is 18.6 Å². The van der Waals surface area contributed by atoms with Crippen LogP contribution in [-0.4, -0.2) is 44.0 Å². The first-order valence-corrected chi connectivity index (χ1v) is 10.9. The molecule has 0 N–H and O–H groups in total. The Morgan fingerprint density at radius 1 is 0.970 bits per heavy atom. The summed E-state index contributed by atoms with van der Waals surface area (Å²) in [6.45, 7) is 3.33. The van der Waals surface area contributed by atoms with E-state index >= 15 is 0 Å². The Labute approximate surface area is 192 Å². The zero-order valence-electron chi connectivity index (χ0n) is 18.9. The number of esters is 3. The molecular weight excluding hydrogens is 428 g/mol. The van der Waals surface area contributed by atoms with Crippen molar-refractivity contribution >= 4 is 23.7 Å². The van der Waals surface area contributed by atoms with Gasteiger partial charge in [0.2, 0.25) is 0 Å². The van der Waals surface area contributed by atoms with Crippen LogP contribution in [0.5, 0.6) is 0 Å². The second-order valence-corrected chi connectivity index (χ2v) is 7.91. The molecule has 1 aromatic carbocycles. The van der Waals surface area contributed by atoms with Crippen molar-refractivity contribution < 1.29 is 37.8 Å². The van der Waals surface area contributed by atoms with E-state index in [1.165, 1.54) is 13.4 Å². The molecule has 3 atom stereocenters. The number of carbonyl (C=O) groups excluding carboxylic acids is 4.